The molecule has 0 bridgehead atoms. The number of rotatable bonds is 4. The standard InChI is InChI=1S/C14H17F3O2S/c15-14(16,17)20-12-3-1-11(2-4-12)13(18)9-10-5-7-19-8-6-10/h1-4,10,13,18H,5-9H2. The molecule has 0 radical (unpaired) electrons. The third kappa shape index (κ3) is 5.00. The predicted molar refractivity (Wildman–Crippen MR) is 71.5 cm³/mol. The summed E-state index contributed by atoms with van der Waals surface area (Å²) < 4.78 is 41.9. The first-order chi connectivity index (χ1) is 9.44. The molecule has 0 amide bonds. The van der Waals surface area contributed by atoms with Gasteiger partial charge in [-0.05, 0) is 54.6 Å². The number of alkyl halides is 3. The maximum absolute atomic E-state index is 12.2. The molecule has 0 aromatic heterocycles. The average molecular weight is 306 g/mol. The lowest BCUT2D eigenvalue weighted by Gasteiger charge is -2.24. The van der Waals surface area contributed by atoms with E-state index in [0.29, 0.717) is 17.9 Å². The van der Waals surface area contributed by atoms with Crippen LogP contribution < -0.4 is 0 Å². The molecule has 1 aliphatic heterocycles. The van der Waals surface area contributed by atoms with Gasteiger partial charge in [0.1, 0.15) is 0 Å². The van der Waals surface area contributed by atoms with Crippen LogP contribution in [0.1, 0.15) is 30.9 Å². The molecule has 0 saturated carbocycles. The fourth-order valence-electron chi connectivity index (χ4n) is 2.33. The lowest BCUT2D eigenvalue weighted by molar-refractivity contribution is -0.0328. The van der Waals surface area contributed by atoms with Crippen LogP contribution in [0, 0.1) is 5.92 Å². The highest BCUT2D eigenvalue weighted by Crippen LogP contribution is 2.37. The highest BCUT2D eigenvalue weighted by Gasteiger charge is 2.29. The first-order valence-corrected chi connectivity index (χ1v) is 7.37. The first-order valence-electron chi connectivity index (χ1n) is 6.55. The number of ether oxygens (including phenoxy) is 1. The molecule has 0 spiro atoms. The lowest BCUT2D eigenvalue weighted by Crippen LogP contribution is -2.18. The van der Waals surface area contributed by atoms with Crippen molar-refractivity contribution in [3.63, 3.8) is 0 Å². The van der Waals surface area contributed by atoms with Crippen molar-refractivity contribution in [2.24, 2.45) is 5.92 Å². The van der Waals surface area contributed by atoms with Gasteiger partial charge in [-0.3, -0.25) is 0 Å². The van der Waals surface area contributed by atoms with Crippen LogP contribution >= 0.6 is 11.8 Å². The van der Waals surface area contributed by atoms with Gasteiger partial charge in [-0.2, -0.15) is 13.2 Å². The average Bonchev–Trinajstić information content (AvgIpc) is 2.39. The SMILES string of the molecule is OC(CC1CCOCC1)c1ccc(SC(F)(F)F)cc1. The minimum atomic E-state index is -4.28. The summed E-state index contributed by atoms with van der Waals surface area (Å²) in [6.07, 6.45) is 1.87. The monoisotopic (exact) mass is 306 g/mol. The summed E-state index contributed by atoms with van der Waals surface area (Å²) in [5.41, 5.74) is -3.61. The zero-order chi connectivity index (χ0) is 14.6. The second-order valence-corrected chi connectivity index (χ2v) is 6.06. The first kappa shape index (κ1) is 15.7. The van der Waals surface area contributed by atoms with E-state index in [-0.39, 0.29) is 16.7 Å². The number of thioether (sulfide) groups is 1. The summed E-state index contributed by atoms with van der Waals surface area (Å²) in [5, 5.41) is 10.1. The normalized spacial score (nSPS) is 19.0. The second kappa shape index (κ2) is 6.83. The molecule has 1 aromatic rings. The summed E-state index contributed by atoms with van der Waals surface area (Å²) in [5.74, 6) is 0.419. The van der Waals surface area contributed by atoms with E-state index in [4.69, 9.17) is 4.74 Å². The van der Waals surface area contributed by atoms with Crippen LogP contribution in [-0.4, -0.2) is 23.8 Å². The number of benzene rings is 1. The van der Waals surface area contributed by atoms with Gasteiger partial charge in [0.15, 0.2) is 0 Å². The quantitative estimate of drug-likeness (QED) is 0.847. The van der Waals surface area contributed by atoms with E-state index >= 15 is 0 Å². The van der Waals surface area contributed by atoms with Crippen LogP contribution in [0.4, 0.5) is 13.2 Å². The lowest BCUT2D eigenvalue weighted by atomic mass is 9.91. The third-order valence-electron chi connectivity index (χ3n) is 3.40. The molecule has 2 nitrogen and oxygen atoms in total. The summed E-state index contributed by atoms with van der Waals surface area (Å²) in [6.45, 7) is 1.44. The molecule has 1 fully saturated rings. The minimum absolute atomic E-state index is 0.138. The van der Waals surface area contributed by atoms with Crippen molar-refractivity contribution in [1.82, 2.24) is 0 Å². The highest BCUT2D eigenvalue weighted by molar-refractivity contribution is 8.00. The number of aliphatic hydroxyl groups excluding tert-OH is 1. The maximum Gasteiger partial charge on any atom is 0.446 e. The van der Waals surface area contributed by atoms with Gasteiger partial charge in [0, 0.05) is 18.1 Å². The Bertz CT molecular complexity index is 413. The molecule has 20 heavy (non-hydrogen) atoms. The Balaban J connectivity index is 1.91. The van der Waals surface area contributed by atoms with E-state index in [1.807, 2.05) is 0 Å². The van der Waals surface area contributed by atoms with Crippen LogP contribution in [-0.2, 0) is 4.74 Å². The molecule has 2 rings (SSSR count). The van der Waals surface area contributed by atoms with Gasteiger partial charge < -0.3 is 9.84 Å². The van der Waals surface area contributed by atoms with Gasteiger partial charge in [0.05, 0.1) is 6.10 Å². The molecule has 1 atom stereocenters. The zero-order valence-corrected chi connectivity index (χ0v) is 11.7. The molecule has 1 saturated heterocycles. The maximum atomic E-state index is 12.2. The van der Waals surface area contributed by atoms with E-state index in [0.717, 1.165) is 26.1 Å². The number of halogens is 3. The Labute approximate surface area is 120 Å². The minimum Gasteiger partial charge on any atom is -0.388 e. The smallest absolute Gasteiger partial charge is 0.388 e. The number of hydrogen-bond donors (Lipinski definition) is 1. The number of hydrogen-bond acceptors (Lipinski definition) is 3. The molecule has 1 aliphatic rings. The molecule has 1 heterocycles. The fourth-order valence-corrected chi connectivity index (χ4v) is 2.86. The van der Waals surface area contributed by atoms with Gasteiger partial charge >= 0.3 is 5.51 Å². The Morgan fingerprint density at radius 3 is 2.35 bits per heavy atom. The van der Waals surface area contributed by atoms with Crippen molar-refractivity contribution in [3.8, 4) is 0 Å². The van der Waals surface area contributed by atoms with E-state index in [1.54, 1.807) is 12.1 Å². The highest BCUT2D eigenvalue weighted by atomic mass is 32.2. The van der Waals surface area contributed by atoms with Crippen molar-refractivity contribution >= 4 is 11.8 Å². The molecule has 1 unspecified atom stereocenters. The largest absolute Gasteiger partial charge is 0.446 e. The zero-order valence-electron chi connectivity index (χ0n) is 10.9. The van der Waals surface area contributed by atoms with Gasteiger partial charge in [0.25, 0.3) is 0 Å². The van der Waals surface area contributed by atoms with Crippen molar-refractivity contribution in [3.05, 3.63) is 29.8 Å². The molecule has 1 N–H and O–H groups in total. The molecular formula is C14H17F3O2S. The van der Waals surface area contributed by atoms with Gasteiger partial charge in [-0.25, -0.2) is 0 Å². The molecule has 1 aromatic carbocycles. The van der Waals surface area contributed by atoms with Gasteiger partial charge in [0.2, 0.25) is 0 Å². The van der Waals surface area contributed by atoms with Gasteiger partial charge in [-0.15, -0.1) is 0 Å². The predicted octanol–water partition coefficient (Wildman–Crippen LogP) is 4.15. The molecule has 6 heteroatoms. The van der Waals surface area contributed by atoms with Crippen LogP contribution in [0.15, 0.2) is 29.2 Å². The Kier molecular flexibility index (Phi) is 5.35. The summed E-state index contributed by atoms with van der Waals surface area (Å²) in [6, 6.07) is 5.94. The Hall–Kier alpha value is -0.720. The Morgan fingerprint density at radius 1 is 1.20 bits per heavy atom. The van der Waals surface area contributed by atoms with Crippen molar-refractivity contribution in [2.75, 3.05) is 13.2 Å². The third-order valence-corrected chi connectivity index (χ3v) is 4.14. The van der Waals surface area contributed by atoms with Crippen LogP contribution in [0.2, 0.25) is 0 Å². The van der Waals surface area contributed by atoms with Crippen LogP contribution in [0.3, 0.4) is 0 Å². The van der Waals surface area contributed by atoms with Crippen LogP contribution in [0.25, 0.3) is 0 Å². The molecule has 112 valence electrons. The summed E-state index contributed by atoms with van der Waals surface area (Å²) in [4.78, 5) is 0.138. The van der Waals surface area contributed by atoms with Crippen molar-refractivity contribution in [2.45, 2.75) is 35.8 Å². The van der Waals surface area contributed by atoms with Gasteiger partial charge in [-0.1, -0.05) is 12.1 Å². The van der Waals surface area contributed by atoms with E-state index in [1.165, 1.54) is 12.1 Å². The van der Waals surface area contributed by atoms with E-state index in [2.05, 4.69) is 0 Å². The van der Waals surface area contributed by atoms with Crippen molar-refractivity contribution < 1.29 is 23.0 Å². The van der Waals surface area contributed by atoms with Crippen molar-refractivity contribution in [1.29, 1.82) is 0 Å². The molecule has 0 aliphatic carbocycles. The van der Waals surface area contributed by atoms with E-state index < -0.39 is 11.6 Å². The van der Waals surface area contributed by atoms with E-state index in [9.17, 15) is 18.3 Å². The second-order valence-electron chi connectivity index (χ2n) is 4.92. The number of aliphatic hydroxyl groups is 1. The summed E-state index contributed by atoms with van der Waals surface area (Å²) in [7, 11) is 0. The topological polar surface area (TPSA) is 29.5 Å². The molecular weight excluding hydrogens is 289 g/mol. The fraction of sp³-hybridized carbons (Fsp3) is 0.571. The Morgan fingerprint density at radius 2 is 1.80 bits per heavy atom. The summed E-state index contributed by atoms with van der Waals surface area (Å²) >= 11 is -0.141. The van der Waals surface area contributed by atoms with Crippen LogP contribution in [0.5, 0.6) is 0 Å².